The average Bonchev–Trinajstić information content (AvgIpc) is 3.27. The molecule has 40 heavy (non-hydrogen) atoms. The van der Waals surface area contributed by atoms with Gasteiger partial charge in [-0.15, -0.1) is 16.8 Å². The summed E-state index contributed by atoms with van der Waals surface area (Å²) in [6, 6.07) is 16.4. The molecule has 1 aliphatic heterocycles. The summed E-state index contributed by atoms with van der Waals surface area (Å²) in [5.74, 6) is 2.27. The first-order chi connectivity index (χ1) is 19.5. The van der Waals surface area contributed by atoms with Crippen molar-refractivity contribution in [3.05, 3.63) is 72.8 Å². The van der Waals surface area contributed by atoms with Gasteiger partial charge in [-0.2, -0.15) is 0 Å². The number of nitrogens with zero attached hydrogens (tertiary/aromatic N) is 5. The standard InChI is InChI=1S/C30H35N5O5/c1-5-14-35(30(37)23-8-6-9-24(19-23)38-2)21-29(36)34-16-7-15-33(17-18-34)28-13-11-25(31-32-28)22-10-12-26(39-3)27(20-22)40-4/h5-6,8-13,19-20H,1,7,14-18,21H2,2-4H3. The van der Waals surface area contributed by atoms with Gasteiger partial charge >= 0.3 is 0 Å². The van der Waals surface area contributed by atoms with Crippen LogP contribution in [0.2, 0.25) is 0 Å². The molecule has 0 bridgehead atoms. The Kier molecular flexibility index (Phi) is 9.56. The Balaban J connectivity index is 1.38. The summed E-state index contributed by atoms with van der Waals surface area (Å²) >= 11 is 0. The molecule has 10 heteroatoms. The van der Waals surface area contributed by atoms with Crippen LogP contribution in [0, 0.1) is 0 Å². The Bertz CT molecular complexity index is 1330. The maximum atomic E-state index is 13.2. The molecule has 4 rings (SSSR count). The van der Waals surface area contributed by atoms with Crippen LogP contribution in [0.5, 0.6) is 17.2 Å². The fraction of sp³-hybridized carbons (Fsp3) is 0.333. The molecule has 1 saturated heterocycles. The number of aromatic nitrogens is 2. The number of ether oxygens (including phenoxy) is 3. The van der Waals surface area contributed by atoms with Gasteiger partial charge in [0.15, 0.2) is 17.3 Å². The number of carbonyl (C=O) groups excluding carboxylic acids is 2. The summed E-state index contributed by atoms with van der Waals surface area (Å²) in [6.07, 6.45) is 2.40. The van der Waals surface area contributed by atoms with Crippen molar-refractivity contribution in [1.82, 2.24) is 20.0 Å². The van der Waals surface area contributed by atoms with Crippen molar-refractivity contribution < 1.29 is 23.8 Å². The Morgan fingerprint density at radius 1 is 0.925 bits per heavy atom. The smallest absolute Gasteiger partial charge is 0.254 e. The maximum absolute atomic E-state index is 13.2. The van der Waals surface area contributed by atoms with Crippen LogP contribution in [0.15, 0.2) is 67.3 Å². The van der Waals surface area contributed by atoms with Crippen molar-refractivity contribution in [3.63, 3.8) is 0 Å². The number of anilines is 1. The zero-order valence-corrected chi connectivity index (χ0v) is 23.2. The SMILES string of the molecule is C=CCN(CC(=O)N1CCCN(c2ccc(-c3ccc(OC)c(OC)c3)nn2)CC1)C(=O)c1cccc(OC)c1. The lowest BCUT2D eigenvalue weighted by molar-refractivity contribution is -0.131. The molecule has 0 aliphatic carbocycles. The van der Waals surface area contributed by atoms with E-state index in [1.165, 1.54) is 4.90 Å². The number of hydrogen-bond acceptors (Lipinski definition) is 8. The molecule has 0 saturated carbocycles. The van der Waals surface area contributed by atoms with Gasteiger partial charge in [0.1, 0.15) is 12.3 Å². The monoisotopic (exact) mass is 545 g/mol. The van der Waals surface area contributed by atoms with E-state index in [9.17, 15) is 9.59 Å². The molecule has 2 heterocycles. The molecule has 0 atom stereocenters. The van der Waals surface area contributed by atoms with E-state index >= 15 is 0 Å². The molecule has 0 N–H and O–H groups in total. The van der Waals surface area contributed by atoms with E-state index in [4.69, 9.17) is 14.2 Å². The molecule has 2 aromatic carbocycles. The largest absolute Gasteiger partial charge is 0.497 e. The van der Waals surface area contributed by atoms with Crippen molar-refractivity contribution in [1.29, 1.82) is 0 Å². The Morgan fingerprint density at radius 2 is 1.75 bits per heavy atom. The molecule has 2 amide bonds. The van der Waals surface area contributed by atoms with Crippen molar-refractivity contribution >= 4 is 17.6 Å². The molecule has 1 aromatic heterocycles. The van der Waals surface area contributed by atoms with E-state index in [1.54, 1.807) is 56.6 Å². The minimum Gasteiger partial charge on any atom is -0.497 e. The highest BCUT2D eigenvalue weighted by molar-refractivity contribution is 5.97. The lowest BCUT2D eigenvalue weighted by Crippen LogP contribution is -2.44. The molecule has 10 nitrogen and oxygen atoms in total. The normalized spacial score (nSPS) is 13.3. The lowest BCUT2D eigenvalue weighted by Gasteiger charge is -2.26. The maximum Gasteiger partial charge on any atom is 0.254 e. The van der Waals surface area contributed by atoms with Crippen molar-refractivity contribution in [2.24, 2.45) is 0 Å². The third kappa shape index (κ3) is 6.69. The van der Waals surface area contributed by atoms with Gasteiger partial charge in [-0.25, -0.2) is 0 Å². The van der Waals surface area contributed by atoms with Gasteiger partial charge in [-0.05, 0) is 55.0 Å². The van der Waals surface area contributed by atoms with Crippen LogP contribution >= 0.6 is 0 Å². The third-order valence-corrected chi connectivity index (χ3v) is 6.78. The van der Waals surface area contributed by atoms with Crippen LogP contribution in [0.25, 0.3) is 11.3 Å². The molecule has 1 aliphatic rings. The summed E-state index contributed by atoms with van der Waals surface area (Å²) in [5.41, 5.74) is 2.06. The topological polar surface area (TPSA) is 97.3 Å². The lowest BCUT2D eigenvalue weighted by atomic mass is 10.1. The first kappa shape index (κ1) is 28.4. The summed E-state index contributed by atoms with van der Waals surface area (Å²) in [7, 11) is 4.75. The number of benzene rings is 2. The number of amides is 2. The van der Waals surface area contributed by atoms with Gasteiger partial charge in [0.2, 0.25) is 5.91 Å². The van der Waals surface area contributed by atoms with Gasteiger partial charge in [0.05, 0.1) is 27.0 Å². The average molecular weight is 546 g/mol. The molecule has 210 valence electrons. The number of hydrogen-bond donors (Lipinski definition) is 0. The molecular formula is C30H35N5O5. The molecule has 0 spiro atoms. The van der Waals surface area contributed by atoms with Gasteiger partial charge in [-0.1, -0.05) is 12.1 Å². The Labute approximate surface area is 234 Å². The number of methoxy groups -OCH3 is 3. The molecule has 3 aromatic rings. The fourth-order valence-corrected chi connectivity index (χ4v) is 4.62. The summed E-state index contributed by atoms with van der Waals surface area (Å²) in [6.45, 7) is 6.47. The number of rotatable bonds is 10. The highest BCUT2D eigenvalue weighted by Crippen LogP contribution is 2.31. The van der Waals surface area contributed by atoms with Crippen LogP contribution < -0.4 is 19.1 Å². The van der Waals surface area contributed by atoms with E-state index in [0.29, 0.717) is 42.4 Å². The first-order valence-electron chi connectivity index (χ1n) is 13.1. The summed E-state index contributed by atoms with van der Waals surface area (Å²) in [5, 5.41) is 8.89. The minimum atomic E-state index is -0.242. The van der Waals surface area contributed by atoms with Crippen LogP contribution in [-0.2, 0) is 4.79 Å². The summed E-state index contributed by atoms with van der Waals surface area (Å²) < 4.78 is 15.9. The second-order valence-electron chi connectivity index (χ2n) is 9.27. The molecule has 1 fully saturated rings. The van der Waals surface area contributed by atoms with Crippen LogP contribution in [0.4, 0.5) is 5.82 Å². The second kappa shape index (κ2) is 13.5. The van der Waals surface area contributed by atoms with Crippen LogP contribution in [-0.4, -0.2) is 92.4 Å². The van der Waals surface area contributed by atoms with Gasteiger partial charge in [0, 0.05) is 43.9 Å². The quantitative estimate of drug-likeness (QED) is 0.357. The van der Waals surface area contributed by atoms with Crippen LogP contribution in [0.1, 0.15) is 16.8 Å². The number of carbonyl (C=O) groups is 2. The van der Waals surface area contributed by atoms with Crippen molar-refractivity contribution in [2.45, 2.75) is 6.42 Å². The third-order valence-electron chi connectivity index (χ3n) is 6.78. The van der Waals surface area contributed by atoms with Crippen molar-refractivity contribution in [3.8, 4) is 28.5 Å². The highest BCUT2D eigenvalue weighted by Gasteiger charge is 2.24. The Hall–Kier alpha value is -4.60. The highest BCUT2D eigenvalue weighted by atomic mass is 16.5. The van der Waals surface area contributed by atoms with E-state index in [0.717, 1.165) is 30.0 Å². The Morgan fingerprint density at radius 3 is 2.45 bits per heavy atom. The molecular weight excluding hydrogens is 510 g/mol. The first-order valence-corrected chi connectivity index (χ1v) is 13.1. The van der Waals surface area contributed by atoms with Gasteiger partial charge < -0.3 is 28.9 Å². The van der Waals surface area contributed by atoms with Crippen LogP contribution in [0.3, 0.4) is 0 Å². The predicted octanol–water partition coefficient (Wildman–Crippen LogP) is 3.54. The van der Waals surface area contributed by atoms with Gasteiger partial charge in [-0.3, -0.25) is 9.59 Å². The molecule has 0 radical (unpaired) electrons. The minimum absolute atomic E-state index is 0.0259. The van der Waals surface area contributed by atoms with E-state index in [2.05, 4.69) is 21.7 Å². The fourth-order valence-electron chi connectivity index (χ4n) is 4.62. The zero-order chi connectivity index (χ0) is 28.5. The predicted molar refractivity (Wildman–Crippen MR) is 153 cm³/mol. The van der Waals surface area contributed by atoms with E-state index < -0.39 is 0 Å². The van der Waals surface area contributed by atoms with Gasteiger partial charge in [0.25, 0.3) is 5.91 Å². The van der Waals surface area contributed by atoms with Crippen molar-refractivity contribution in [2.75, 3.05) is 65.5 Å². The van der Waals surface area contributed by atoms with E-state index in [-0.39, 0.29) is 24.9 Å². The zero-order valence-electron chi connectivity index (χ0n) is 23.2. The van der Waals surface area contributed by atoms with E-state index in [1.807, 2.05) is 30.3 Å². The second-order valence-corrected chi connectivity index (χ2v) is 9.27. The summed E-state index contributed by atoms with van der Waals surface area (Å²) in [4.78, 5) is 31.8. The molecule has 0 unspecified atom stereocenters.